The summed E-state index contributed by atoms with van der Waals surface area (Å²) in [6.45, 7) is 0. The van der Waals surface area contributed by atoms with Gasteiger partial charge in [-0.2, -0.15) is 0 Å². The smallest absolute Gasteiger partial charge is 0.150 e. The summed E-state index contributed by atoms with van der Waals surface area (Å²) in [6, 6.07) is 7.09. The maximum Gasteiger partial charge on any atom is 0.150 e. The van der Waals surface area contributed by atoms with Crippen molar-refractivity contribution in [1.82, 2.24) is 4.98 Å². The standard InChI is InChI=1S/C9H7NO/c11-6-7-1-2-8-3-4-10-9(8)5-7/h1-6,10H/i6D. The molecular weight excluding hydrogens is 138 g/mol. The summed E-state index contributed by atoms with van der Waals surface area (Å²) in [7, 11) is 0. The Balaban J connectivity index is 2.68. The zero-order chi connectivity index (χ0) is 8.55. The van der Waals surface area contributed by atoms with Gasteiger partial charge >= 0.3 is 0 Å². The first kappa shape index (κ1) is 5.13. The van der Waals surface area contributed by atoms with Crippen molar-refractivity contribution in [3.05, 3.63) is 36.0 Å². The molecular formula is C9H7NO. The summed E-state index contributed by atoms with van der Waals surface area (Å²) < 4.78 is 6.89. The molecule has 0 atom stereocenters. The molecule has 0 aliphatic heterocycles. The second-order valence-electron chi connectivity index (χ2n) is 2.38. The van der Waals surface area contributed by atoms with Gasteiger partial charge in [0, 0.05) is 17.3 Å². The minimum absolute atomic E-state index is 0.421. The van der Waals surface area contributed by atoms with Crippen LogP contribution in [-0.2, 0) is 0 Å². The predicted octanol–water partition coefficient (Wildman–Crippen LogP) is 1.98. The summed E-state index contributed by atoms with van der Waals surface area (Å²) in [5, 5.41) is 1.06. The maximum atomic E-state index is 10.7. The van der Waals surface area contributed by atoms with Crippen molar-refractivity contribution >= 4 is 17.2 Å². The molecule has 0 saturated heterocycles. The molecule has 0 spiro atoms. The van der Waals surface area contributed by atoms with E-state index < -0.39 is 6.26 Å². The fourth-order valence-electron chi connectivity index (χ4n) is 1.11. The lowest BCUT2D eigenvalue weighted by atomic mass is 10.2. The first-order valence-electron chi connectivity index (χ1n) is 3.85. The minimum Gasteiger partial charge on any atom is -0.361 e. The third kappa shape index (κ3) is 0.923. The van der Waals surface area contributed by atoms with E-state index in [9.17, 15) is 4.79 Å². The van der Waals surface area contributed by atoms with Gasteiger partial charge in [-0.15, -0.1) is 0 Å². The van der Waals surface area contributed by atoms with E-state index in [0.717, 1.165) is 10.9 Å². The molecule has 1 heterocycles. The van der Waals surface area contributed by atoms with Crippen LogP contribution in [0.1, 0.15) is 11.7 Å². The van der Waals surface area contributed by atoms with Crippen molar-refractivity contribution in [3.8, 4) is 0 Å². The third-order valence-corrected chi connectivity index (χ3v) is 1.67. The Bertz CT molecular complexity index is 433. The van der Waals surface area contributed by atoms with Gasteiger partial charge in [-0.05, 0) is 17.5 Å². The van der Waals surface area contributed by atoms with Crippen LogP contribution >= 0.6 is 0 Å². The van der Waals surface area contributed by atoms with Crippen molar-refractivity contribution in [2.45, 2.75) is 0 Å². The van der Waals surface area contributed by atoms with Gasteiger partial charge in [0.05, 0.1) is 0 Å². The highest BCUT2D eigenvalue weighted by molar-refractivity contribution is 5.86. The third-order valence-electron chi connectivity index (χ3n) is 1.67. The number of fused-ring (bicyclic) bond motifs is 1. The average molecular weight is 146 g/mol. The molecule has 54 valence electrons. The largest absolute Gasteiger partial charge is 0.361 e. The Morgan fingerprint density at radius 1 is 1.45 bits per heavy atom. The molecule has 0 saturated carbocycles. The minimum atomic E-state index is -0.647. The Hall–Kier alpha value is -1.57. The Morgan fingerprint density at radius 3 is 3.18 bits per heavy atom. The summed E-state index contributed by atoms with van der Waals surface area (Å²) in [4.78, 5) is 13.6. The molecule has 2 heteroatoms. The van der Waals surface area contributed by atoms with Gasteiger partial charge in [0.1, 0.15) is 7.63 Å². The van der Waals surface area contributed by atoms with E-state index in [1.165, 1.54) is 0 Å². The number of benzene rings is 1. The van der Waals surface area contributed by atoms with Gasteiger partial charge in [-0.25, -0.2) is 0 Å². The Morgan fingerprint density at radius 2 is 2.36 bits per heavy atom. The van der Waals surface area contributed by atoms with E-state index in [1.54, 1.807) is 12.1 Å². The van der Waals surface area contributed by atoms with Crippen molar-refractivity contribution < 1.29 is 6.17 Å². The highest BCUT2D eigenvalue weighted by Gasteiger charge is 1.94. The summed E-state index contributed by atoms with van der Waals surface area (Å²) in [5.41, 5.74) is 1.32. The number of aldehydes is 1. The molecule has 0 unspecified atom stereocenters. The molecule has 1 aromatic carbocycles. The molecule has 0 bridgehead atoms. The van der Waals surface area contributed by atoms with Gasteiger partial charge in [0.15, 0.2) is 0 Å². The summed E-state index contributed by atoms with van der Waals surface area (Å²) in [6.07, 6.45) is 1.16. The van der Waals surface area contributed by atoms with Gasteiger partial charge in [0.2, 0.25) is 0 Å². The van der Waals surface area contributed by atoms with E-state index in [4.69, 9.17) is 1.37 Å². The highest BCUT2D eigenvalue weighted by Crippen LogP contribution is 2.12. The molecule has 0 aliphatic carbocycles. The number of aromatic nitrogens is 1. The van der Waals surface area contributed by atoms with Crippen molar-refractivity contribution in [3.63, 3.8) is 0 Å². The Kier molecular flexibility index (Phi) is 1.04. The van der Waals surface area contributed by atoms with Gasteiger partial charge in [-0.3, -0.25) is 4.79 Å². The molecule has 0 fully saturated rings. The first-order valence-corrected chi connectivity index (χ1v) is 3.35. The summed E-state index contributed by atoms with van der Waals surface area (Å²) in [5.74, 6) is 0. The highest BCUT2D eigenvalue weighted by atomic mass is 16.1. The summed E-state index contributed by atoms with van der Waals surface area (Å²) >= 11 is 0. The zero-order valence-electron chi connectivity index (χ0n) is 6.79. The van der Waals surface area contributed by atoms with Crippen molar-refractivity contribution in [2.24, 2.45) is 0 Å². The molecule has 2 aromatic rings. The number of nitrogens with one attached hydrogen (secondary N) is 1. The number of aromatic amines is 1. The van der Waals surface area contributed by atoms with Crippen molar-refractivity contribution in [1.29, 1.82) is 0 Å². The average Bonchev–Trinajstić information content (AvgIpc) is 2.49. The maximum absolute atomic E-state index is 10.7. The van der Waals surface area contributed by atoms with Crippen LogP contribution in [0.3, 0.4) is 0 Å². The van der Waals surface area contributed by atoms with Crippen LogP contribution in [0.2, 0.25) is 0 Å². The number of carbonyl (C=O) groups is 1. The lowest BCUT2D eigenvalue weighted by Crippen LogP contribution is -1.77. The number of hydrogen-bond donors (Lipinski definition) is 1. The zero-order valence-corrected chi connectivity index (χ0v) is 5.79. The topological polar surface area (TPSA) is 32.9 Å². The fourth-order valence-corrected chi connectivity index (χ4v) is 1.11. The van der Waals surface area contributed by atoms with Crippen LogP contribution in [0.25, 0.3) is 10.9 Å². The lowest BCUT2D eigenvalue weighted by Gasteiger charge is -1.89. The number of H-pyrrole nitrogens is 1. The molecule has 1 aromatic heterocycles. The van der Waals surface area contributed by atoms with Crippen LogP contribution in [0, 0.1) is 0 Å². The predicted molar refractivity (Wildman–Crippen MR) is 43.7 cm³/mol. The molecule has 0 aliphatic rings. The molecule has 11 heavy (non-hydrogen) atoms. The van der Waals surface area contributed by atoms with E-state index in [0.29, 0.717) is 5.56 Å². The fraction of sp³-hybridized carbons (Fsp3) is 0. The van der Waals surface area contributed by atoms with E-state index >= 15 is 0 Å². The molecule has 2 rings (SSSR count). The lowest BCUT2D eigenvalue weighted by molar-refractivity contribution is 0.112. The Labute approximate surface area is 65.3 Å². The SMILES string of the molecule is [2H]C(=O)c1ccc2cc[nH]c2c1. The van der Waals surface area contributed by atoms with Crippen LogP contribution in [0.15, 0.2) is 30.5 Å². The molecule has 2 nitrogen and oxygen atoms in total. The second-order valence-corrected chi connectivity index (χ2v) is 2.38. The van der Waals surface area contributed by atoms with E-state index in [1.807, 2.05) is 18.3 Å². The normalized spacial score (nSPS) is 11.5. The van der Waals surface area contributed by atoms with E-state index in [2.05, 4.69) is 4.98 Å². The van der Waals surface area contributed by atoms with Crippen molar-refractivity contribution in [2.75, 3.05) is 0 Å². The monoisotopic (exact) mass is 146 g/mol. The molecule has 0 radical (unpaired) electrons. The van der Waals surface area contributed by atoms with Gasteiger partial charge in [-0.1, -0.05) is 12.1 Å². The number of carbonyl (C=O) groups excluding carboxylic acids is 1. The van der Waals surface area contributed by atoms with Crippen LogP contribution in [-0.4, -0.2) is 11.2 Å². The second kappa shape index (κ2) is 2.23. The van der Waals surface area contributed by atoms with Crippen LogP contribution in [0.4, 0.5) is 0 Å². The van der Waals surface area contributed by atoms with Gasteiger partial charge in [0.25, 0.3) is 0 Å². The van der Waals surface area contributed by atoms with E-state index in [-0.39, 0.29) is 0 Å². The van der Waals surface area contributed by atoms with Crippen LogP contribution in [0.5, 0.6) is 0 Å². The number of hydrogen-bond acceptors (Lipinski definition) is 1. The quantitative estimate of drug-likeness (QED) is 0.613. The first-order chi connectivity index (χ1) is 5.77. The van der Waals surface area contributed by atoms with Gasteiger partial charge < -0.3 is 4.98 Å². The molecule has 0 amide bonds. The molecule has 1 N–H and O–H groups in total. The van der Waals surface area contributed by atoms with Crippen LogP contribution < -0.4 is 0 Å². The number of rotatable bonds is 1.